The van der Waals surface area contributed by atoms with Crippen molar-refractivity contribution in [2.45, 2.75) is 4.90 Å². The third kappa shape index (κ3) is 3.50. The molecule has 1 atom stereocenters. The van der Waals surface area contributed by atoms with Gasteiger partial charge in [-0.25, -0.2) is 4.79 Å². The molecule has 1 aromatic rings. The molecule has 0 aromatic heterocycles. The van der Waals surface area contributed by atoms with Gasteiger partial charge in [-0.2, -0.15) is 11.8 Å². The maximum atomic E-state index is 11.8. The summed E-state index contributed by atoms with van der Waals surface area (Å²) in [5, 5.41) is 9.03. The largest absolute Gasteiger partial charge is 0.478 e. The number of carboxylic acids is 1. The predicted octanol–water partition coefficient (Wildman–Crippen LogP) is 2.51. The lowest BCUT2D eigenvalue weighted by molar-refractivity contribution is 0.0697. The lowest BCUT2D eigenvalue weighted by Crippen LogP contribution is -2.03. The van der Waals surface area contributed by atoms with Crippen molar-refractivity contribution in [1.82, 2.24) is 0 Å². The summed E-state index contributed by atoms with van der Waals surface area (Å²) in [6, 6.07) is 4.45. The van der Waals surface area contributed by atoms with Gasteiger partial charge in [-0.3, -0.25) is 4.21 Å². The van der Waals surface area contributed by atoms with Crippen LogP contribution in [0.25, 0.3) is 0 Å². The van der Waals surface area contributed by atoms with Crippen molar-refractivity contribution in [2.75, 3.05) is 17.8 Å². The average Bonchev–Trinajstić information content (AvgIpc) is 2.26. The third-order valence-electron chi connectivity index (χ3n) is 1.90. The Balaban J connectivity index is 2.94. The number of thioether (sulfide) groups is 1. The van der Waals surface area contributed by atoms with Crippen molar-refractivity contribution >= 4 is 40.1 Å². The van der Waals surface area contributed by atoms with Crippen LogP contribution in [-0.2, 0) is 10.8 Å². The van der Waals surface area contributed by atoms with Gasteiger partial charge in [0.15, 0.2) is 0 Å². The van der Waals surface area contributed by atoms with Crippen molar-refractivity contribution < 1.29 is 14.1 Å². The Morgan fingerprint density at radius 3 is 2.81 bits per heavy atom. The van der Waals surface area contributed by atoms with Gasteiger partial charge in [-0.05, 0) is 24.5 Å². The zero-order valence-electron chi connectivity index (χ0n) is 8.60. The molecule has 0 heterocycles. The molecule has 0 amide bonds. The fourth-order valence-corrected chi connectivity index (χ4v) is 3.26. The van der Waals surface area contributed by atoms with E-state index in [1.54, 1.807) is 17.8 Å². The first-order valence-electron chi connectivity index (χ1n) is 4.46. The second-order valence-electron chi connectivity index (χ2n) is 2.99. The van der Waals surface area contributed by atoms with E-state index in [1.165, 1.54) is 12.1 Å². The minimum absolute atomic E-state index is 0.00309. The van der Waals surface area contributed by atoms with Crippen LogP contribution in [0.4, 0.5) is 0 Å². The van der Waals surface area contributed by atoms with Crippen molar-refractivity contribution in [1.29, 1.82) is 0 Å². The van der Waals surface area contributed by atoms with E-state index < -0.39 is 16.8 Å². The number of carbonyl (C=O) groups is 1. The summed E-state index contributed by atoms with van der Waals surface area (Å²) in [5.41, 5.74) is -0.00309. The van der Waals surface area contributed by atoms with E-state index in [4.69, 9.17) is 16.7 Å². The second kappa shape index (κ2) is 6.27. The van der Waals surface area contributed by atoms with Crippen LogP contribution in [-0.4, -0.2) is 33.0 Å². The first-order chi connectivity index (χ1) is 7.56. The number of halogens is 1. The van der Waals surface area contributed by atoms with Crippen molar-refractivity contribution in [2.24, 2.45) is 0 Å². The number of benzene rings is 1. The Morgan fingerprint density at radius 2 is 2.25 bits per heavy atom. The molecule has 0 aliphatic carbocycles. The summed E-state index contributed by atoms with van der Waals surface area (Å²) < 4.78 is 11.8. The molecule has 1 N–H and O–H groups in total. The molecule has 1 unspecified atom stereocenters. The maximum Gasteiger partial charge on any atom is 0.337 e. The van der Waals surface area contributed by atoms with Crippen molar-refractivity contribution in [3.8, 4) is 0 Å². The van der Waals surface area contributed by atoms with E-state index in [-0.39, 0.29) is 10.6 Å². The van der Waals surface area contributed by atoms with Crippen LogP contribution in [0, 0.1) is 0 Å². The molecule has 88 valence electrons. The van der Waals surface area contributed by atoms with E-state index in [0.29, 0.717) is 10.6 Å². The highest BCUT2D eigenvalue weighted by atomic mass is 35.5. The molecule has 0 spiro atoms. The van der Waals surface area contributed by atoms with Crippen LogP contribution >= 0.6 is 23.4 Å². The summed E-state index contributed by atoms with van der Waals surface area (Å²) in [6.45, 7) is 0. The number of rotatable bonds is 5. The molecule has 0 radical (unpaired) electrons. The highest BCUT2D eigenvalue weighted by molar-refractivity contribution is 7.99. The Morgan fingerprint density at radius 1 is 1.56 bits per heavy atom. The van der Waals surface area contributed by atoms with E-state index >= 15 is 0 Å². The van der Waals surface area contributed by atoms with Gasteiger partial charge in [0.2, 0.25) is 0 Å². The van der Waals surface area contributed by atoms with Gasteiger partial charge < -0.3 is 5.11 Å². The summed E-state index contributed by atoms with van der Waals surface area (Å²) in [7, 11) is -1.16. The highest BCUT2D eigenvalue weighted by Gasteiger charge is 2.12. The first-order valence-corrected chi connectivity index (χ1v) is 7.55. The summed E-state index contributed by atoms with van der Waals surface area (Å²) in [5.74, 6) is 0.188. The van der Waals surface area contributed by atoms with Crippen LogP contribution in [0.2, 0.25) is 5.02 Å². The Labute approximate surface area is 106 Å². The lowest BCUT2D eigenvalue weighted by Gasteiger charge is -2.04. The molecule has 1 rings (SSSR count). The molecule has 1 aromatic carbocycles. The monoisotopic (exact) mass is 278 g/mol. The topological polar surface area (TPSA) is 54.4 Å². The second-order valence-corrected chi connectivity index (χ2v) is 5.95. The maximum absolute atomic E-state index is 11.8. The van der Waals surface area contributed by atoms with Crippen molar-refractivity contribution in [3.05, 3.63) is 28.8 Å². The van der Waals surface area contributed by atoms with Gasteiger partial charge in [-0.1, -0.05) is 11.6 Å². The molecule has 0 saturated heterocycles. The fraction of sp³-hybridized carbons (Fsp3) is 0.300. The smallest absolute Gasteiger partial charge is 0.337 e. The van der Waals surface area contributed by atoms with E-state index in [1.807, 2.05) is 6.26 Å². The Bertz CT molecular complexity index is 421. The van der Waals surface area contributed by atoms with Gasteiger partial charge in [0.05, 0.1) is 21.4 Å². The summed E-state index contributed by atoms with van der Waals surface area (Å²) >= 11 is 7.32. The van der Waals surface area contributed by atoms with Crippen LogP contribution in [0.1, 0.15) is 10.4 Å². The molecule has 0 aliphatic rings. The SMILES string of the molecule is CSCCS(=O)c1ccc(Cl)c(C(=O)O)c1. The van der Waals surface area contributed by atoms with E-state index in [0.717, 1.165) is 5.75 Å². The van der Waals surface area contributed by atoms with Crippen LogP contribution < -0.4 is 0 Å². The number of carboxylic acid groups (broad SMARTS) is 1. The fourth-order valence-electron chi connectivity index (χ4n) is 1.09. The minimum atomic E-state index is -1.16. The normalized spacial score (nSPS) is 12.4. The van der Waals surface area contributed by atoms with Gasteiger partial charge in [0, 0.05) is 16.4 Å². The zero-order valence-corrected chi connectivity index (χ0v) is 11.0. The van der Waals surface area contributed by atoms with Crippen LogP contribution in [0.5, 0.6) is 0 Å². The van der Waals surface area contributed by atoms with Crippen molar-refractivity contribution in [3.63, 3.8) is 0 Å². The third-order valence-corrected chi connectivity index (χ3v) is 4.46. The van der Waals surface area contributed by atoms with E-state index in [2.05, 4.69) is 0 Å². The molecular weight excluding hydrogens is 268 g/mol. The van der Waals surface area contributed by atoms with Gasteiger partial charge in [0.1, 0.15) is 0 Å². The summed E-state index contributed by atoms with van der Waals surface area (Å²) in [4.78, 5) is 11.3. The molecular formula is C10H11ClO3S2. The van der Waals surface area contributed by atoms with Crippen LogP contribution in [0.3, 0.4) is 0 Å². The van der Waals surface area contributed by atoms with Crippen LogP contribution in [0.15, 0.2) is 23.1 Å². The van der Waals surface area contributed by atoms with E-state index in [9.17, 15) is 9.00 Å². The summed E-state index contributed by atoms with van der Waals surface area (Å²) in [6.07, 6.45) is 1.93. The molecule has 0 bridgehead atoms. The number of hydrogen-bond donors (Lipinski definition) is 1. The number of aromatic carboxylic acids is 1. The molecule has 16 heavy (non-hydrogen) atoms. The highest BCUT2D eigenvalue weighted by Crippen LogP contribution is 2.20. The van der Waals surface area contributed by atoms with Gasteiger partial charge in [-0.15, -0.1) is 0 Å². The quantitative estimate of drug-likeness (QED) is 0.899. The molecule has 0 aliphatic heterocycles. The van der Waals surface area contributed by atoms with Gasteiger partial charge in [0.25, 0.3) is 0 Å². The van der Waals surface area contributed by atoms with Gasteiger partial charge >= 0.3 is 5.97 Å². The number of hydrogen-bond acceptors (Lipinski definition) is 3. The first kappa shape index (κ1) is 13.5. The standard InChI is InChI=1S/C10H11ClO3S2/c1-15-4-5-16(14)7-2-3-9(11)8(6-7)10(12)13/h2-3,6H,4-5H2,1H3,(H,12,13). The lowest BCUT2D eigenvalue weighted by atomic mass is 10.2. The minimum Gasteiger partial charge on any atom is -0.478 e. The average molecular weight is 279 g/mol. The molecule has 3 nitrogen and oxygen atoms in total. The Hall–Kier alpha value is -0.520. The predicted molar refractivity (Wildman–Crippen MR) is 68.1 cm³/mol. The zero-order chi connectivity index (χ0) is 12.1. The molecule has 6 heteroatoms. The molecule has 0 saturated carbocycles. The Kier molecular flexibility index (Phi) is 5.31. The molecule has 0 fully saturated rings.